The zero-order valence-electron chi connectivity index (χ0n) is 11.0. The van der Waals surface area contributed by atoms with Crippen molar-refractivity contribution in [2.45, 2.75) is 11.5 Å². The van der Waals surface area contributed by atoms with Gasteiger partial charge in [-0.3, -0.25) is 0 Å². The summed E-state index contributed by atoms with van der Waals surface area (Å²) in [5, 5.41) is 3.44. The molecule has 1 aromatic heterocycles. The number of benzene rings is 1. The molecule has 0 saturated heterocycles. The standard InChI is InChI=1S/C11H6Cl4F2N2O3S/c1-19-10(22-11(16)17)8(14)9(18-19)4-2-7(23(15,20)21)6(13)3-5(4)12/h2-3,11H,1H3. The number of aryl methyl sites for hydroxylation is 1. The lowest BCUT2D eigenvalue weighted by Gasteiger charge is -2.06. The normalized spacial score (nSPS) is 12.0. The summed E-state index contributed by atoms with van der Waals surface area (Å²) >= 11 is 17.8. The lowest BCUT2D eigenvalue weighted by Crippen LogP contribution is -2.06. The van der Waals surface area contributed by atoms with Crippen molar-refractivity contribution in [1.82, 2.24) is 9.78 Å². The highest BCUT2D eigenvalue weighted by atomic mass is 35.7. The van der Waals surface area contributed by atoms with E-state index in [1.165, 1.54) is 7.05 Å². The molecule has 0 atom stereocenters. The first-order valence-electron chi connectivity index (χ1n) is 5.63. The van der Waals surface area contributed by atoms with Crippen molar-refractivity contribution < 1.29 is 21.9 Å². The predicted octanol–water partition coefficient (Wildman–Crippen LogP) is 4.58. The number of aromatic nitrogens is 2. The van der Waals surface area contributed by atoms with Crippen LogP contribution >= 0.6 is 45.5 Å². The van der Waals surface area contributed by atoms with Crippen LogP contribution in [0.15, 0.2) is 17.0 Å². The van der Waals surface area contributed by atoms with Crippen LogP contribution in [0.2, 0.25) is 15.1 Å². The van der Waals surface area contributed by atoms with Crippen molar-refractivity contribution in [2.24, 2.45) is 7.05 Å². The van der Waals surface area contributed by atoms with Crippen LogP contribution in [0.4, 0.5) is 8.78 Å². The molecule has 0 fully saturated rings. The van der Waals surface area contributed by atoms with Crippen LogP contribution in [0.3, 0.4) is 0 Å². The average molecular weight is 426 g/mol. The average Bonchev–Trinajstić information content (AvgIpc) is 2.65. The molecule has 0 radical (unpaired) electrons. The van der Waals surface area contributed by atoms with Gasteiger partial charge in [-0.05, 0) is 12.1 Å². The van der Waals surface area contributed by atoms with E-state index in [4.69, 9.17) is 45.5 Å². The van der Waals surface area contributed by atoms with Crippen LogP contribution in [0.5, 0.6) is 5.88 Å². The third-order valence-electron chi connectivity index (χ3n) is 2.68. The maximum absolute atomic E-state index is 12.4. The molecule has 2 rings (SSSR count). The first kappa shape index (κ1) is 18.5. The fraction of sp³-hybridized carbons (Fsp3) is 0.182. The number of hydrogen-bond donors (Lipinski definition) is 0. The minimum atomic E-state index is -4.16. The second-order valence-corrected chi connectivity index (χ2v) is 7.90. The van der Waals surface area contributed by atoms with Gasteiger partial charge in [0, 0.05) is 23.3 Å². The molecule has 5 nitrogen and oxygen atoms in total. The largest absolute Gasteiger partial charge is 0.416 e. The maximum atomic E-state index is 12.4. The third-order valence-corrected chi connectivity index (χ3v) is 5.12. The van der Waals surface area contributed by atoms with Gasteiger partial charge in [0.15, 0.2) is 0 Å². The molecular weight excluding hydrogens is 420 g/mol. The highest BCUT2D eigenvalue weighted by molar-refractivity contribution is 8.13. The number of nitrogens with zero attached hydrogens (tertiary/aromatic N) is 2. The molecule has 0 amide bonds. The Morgan fingerprint density at radius 1 is 1.22 bits per heavy atom. The molecule has 23 heavy (non-hydrogen) atoms. The minimum Gasteiger partial charge on any atom is -0.416 e. The van der Waals surface area contributed by atoms with Gasteiger partial charge in [0.1, 0.15) is 15.6 Å². The predicted molar refractivity (Wildman–Crippen MR) is 83.3 cm³/mol. The first-order chi connectivity index (χ1) is 10.5. The van der Waals surface area contributed by atoms with Crippen molar-refractivity contribution >= 4 is 54.5 Å². The molecule has 1 aromatic carbocycles. The van der Waals surface area contributed by atoms with Crippen molar-refractivity contribution in [3.05, 3.63) is 27.2 Å². The van der Waals surface area contributed by atoms with Gasteiger partial charge in [-0.1, -0.05) is 34.8 Å². The minimum absolute atomic E-state index is 0.00247. The van der Waals surface area contributed by atoms with Gasteiger partial charge >= 0.3 is 6.61 Å². The zero-order chi connectivity index (χ0) is 17.5. The van der Waals surface area contributed by atoms with Crippen LogP contribution in [0, 0.1) is 0 Å². The van der Waals surface area contributed by atoms with E-state index in [0.29, 0.717) is 0 Å². The van der Waals surface area contributed by atoms with Crippen LogP contribution in [-0.2, 0) is 16.1 Å². The Kier molecular flexibility index (Phi) is 5.32. The van der Waals surface area contributed by atoms with E-state index < -0.39 is 26.4 Å². The van der Waals surface area contributed by atoms with Crippen LogP contribution in [-0.4, -0.2) is 24.8 Å². The van der Waals surface area contributed by atoms with Crippen LogP contribution < -0.4 is 4.74 Å². The van der Waals surface area contributed by atoms with Gasteiger partial charge in [0.05, 0.1) is 10.0 Å². The lowest BCUT2D eigenvalue weighted by molar-refractivity contribution is -0.0552. The van der Waals surface area contributed by atoms with E-state index in [2.05, 4.69) is 9.84 Å². The molecule has 0 spiro atoms. The maximum Gasteiger partial charge on any atom is 0.388 e. The number of rotatable bonds is 4. The molecule has 0 N–H and O–H groups in total. The Balaban J connectivity index is 2.68. The second-order valence-electron chi connectivity index (χ2n) is 4.17. The summed E-state index contributed by atoms with van der Waals surface area (Å²) in [6, 6.07) is 2.18. The van der Waals surface area contributed by atoms with Crippen molar-refractivity contribution in [3.63, 3.8) is 0 Å². The molecule has 12 heteroatoms. The second kappa shape index (κ2) is 6.60. The fourth-order valence-electron chi connectivity index (χ4n) is 1.76. The zero-order valence-corrected chi connectivity index (χ0v) is 14.9. The van der Waals surface area contributed by atoms with Crippen LogP contribution in [0.25, 0.3) is 11.3 Å². The molecule has 0 aliphatic rings. The molecule has 1 heterocycles. The summed E-state index contributed by atoms with van der Waals surface area (Å²) < 4.78 is 53.0. The summed E-state index contributed by atoms with van der Waals surface area (Å²) in [5.41, 5.74) is -0.0203. The highest BCUT2D eigenvalue weighted by Crippen LogP contribution is 2.41. The monoisotopic (exact) mass is 424 g/mol. The molecule has 0 aliphatic heterocycles. The quantitative estimate of drug-likeness (QED) is 0.672. The number of hydrogen-bond acceptors (Lipinski definition) is 4. The Bertz CT molecular complexity index is 871. The summed E-state index contributed by atoms with van der Waals surface area (Å²) in [6.45, 7) is -3.12. The van der Waals surface area contributed by atoms with E-state index in [1.54, 1.807) is 0 Å². The first-order valence-corrected chi connectivity index (χ1v) is 9.08. The van der Waals surface area contributed by atoms with E-state index >= 15 is 0 Å². The van der Waals surface area contributed by atoms with Crippen LogP contribution in [0.1, 0.15) is 0 Å². The van der Waals surface area contributed by atoms with Crippen molar-refractivity contribution in [3.8, 4) is 17.1 Å². The van der Waals surface area contributed by atoms with E-state index in [-0.39, 0.29) is 26.3 Å². The molecular formula is C11H6Cl4F2N2O3S. The Hall–Kier alpha value is -0.800. The van der Waals surface area contributed by atoms with E-state index in [1.807, 2.05) is 0 Å². The van der Waals surface area contributed by atoms with E-state index in [9.17, 15) is 17.2 Å². The van der Waals surface area contributed by atoms with Gasteiger partial charge < -0.3 is 4.74 Å². The molecule has 126 valence electrons. The Labute approximate surface area is 149 Å². The lowest BCUT2D eigenvalue weighted by atomic mass is 10.1. The van der Waals surface area contributed by atoms with Crippen molar-refractivity contribution in [1.29, 1.82) is 0 Å². The molecule has 2 aromatic rings. The summed E-state index contributed by atoms with van der Waals surface area (Å²) in [4.78, 5) is -0.418. The van der Waals surface area contributed by atoms with Gasteiger partial charge in [0.2, 0.25) is 5.88 Å². The topological polar surface area (TPSA) is 61.2 Å². The molecule has 0 unspecified atom stereocenters. The highest BCUT2D eigenvalue weighted by Gasteiger charge is 2.25. The summed E-state index contributed by atoms with van der Waals surface area (Å²) in [6.07, 6.45) is 0. The van der Waals surface area contributed by atoms with E-state index in [0.717, 1.165) is 16.8 Å². The molecule has 0 saturated carbocycles. The van der Waals surface area contributed by atoms with Gasteiger partial charge in [-0.25, -0.2) is 13.1 Å². The number of halogens is 6. The smallest absolute Gasteiger partial charge is 0.388 e. The van der Waals surface area contributed by atoms with Gasteiger partial charge in [-0.2, -0.15) is 13.9 Å². The van der Waals surface area contributed by atoms with Crippen molar-refractivity contribution in [2.75, 3.05) is 0 Å². The third kappa shape index (κ3) is 3.83. The summed E-state index contributed by atoms with van der Waals surface area (Å²) in [5.74, 6) is -0.405. The SMILES string of the molecule is Cn1nc(-c2cc(S(=O)(=O)Cl)c(Cl)cc2Cl)c(Cl)c1OC(F)F. The molecule has 0 aliphatic carbocycles. The van der Waals surface area contributed by atoms with Gasteiger partial charge in [0.25, 0.3) is 9.05 Å². The van der Waals surface area contributed by atoms with Gasteiger partial charge in [-0.15, -0.1) is 0 Å². The summed E-state index contributed by atoms with van der Waals surface area (Å²) in [7, 11) is 2.44. The molecule has 0 bridgehead atoms. The number of alkyl halides is 2. The Morgan fingerprint density at radius 3 is 2.35 bits per heavy atom. The number of ether oxygens (including phenoxy) is 1. The fourth-order valence-corrected chi connectivity index (χ4v) is 3.90. The Morgan fingerprint density at radius 2 is 1.83 bits per heavy atom.